The quantitative estimate of drug-likeness (QED) is 0.647. The van der Waals surface area contributed by atoms with Crippen molar-refractivity contribution in [3.8, 4) is 0 Å². The first-order chi connectivity index (χ1) is 9.42. The minimum absolute atomic E-state index is 0.486. The van der Waals surface area contributed by atoms with Crippen molar-refractivity contribution in [2.24, 2.45) is 11.3 Å². The fraction of sp³-hybridized carbons (Fsp3) is 0.647. The van der Waals surface area contributed by atoms with Gasteiger partial charge in [0.2, 0.25) is 0 Å². The molecule has 0 heterocycles. The summed E-state index contributed by atoms with van der Waals surface area (Å²) in [6.45, 7) is 7.14. The smallest absolute Gasteiger partial charge is 0.0648 e. The molecule has 1 aliphatic carbocycles. The van der Waals surface area contributed by atoms with Gasteiger partial charge in [0.25, 0.3) is 0 Å². The van der Waals surface area contributed by atoms with Crippen LogP contribution in [0.5, 0.6) is 0 Å². The van der Waals surface area contributed by atoms with Crippen LogP contribution >= 0.6 is 27.5 Å². The number of hydrogen-bond donors (Lipinski definition) is 1. The zero-order valence-corrected chi connectivity index (χ0v) is 15.0. The number of hydrogen-bond acceptors (Lipinski definition) is 1. The molecule has 0 spiro atoms. The van der Waals surface area contributed by atoms with Gasteiger partial charge >= 0.3 is 0 Å². The molecule has 0 unspecified atom stereocenters. The van der Waals surface area contributed by atoms with Gasteiger partial charge in [0.05, 0.1) is 10.7 Å². The number of anilines is 1. The Bertz CT molecular complexity index is 450. The van der Waals surface area contributed by atoms with Crippen LogP contribution < -0.4 is 5.32 Å². The third-order valence-electron chi connectivity index (χ3n) is 5.03. The summed E-state index contributed by atoms with van der Waals surface area (Å²) in [6, 6.07) is 6.63. The van der Waals surface area contributed by atoms with E-state index in [1.54, 1.807) is 0 Å². The van der Waals surface area contributed by atoms with Crippen LogP contribution in [0.25, 0.3) is 0 Å². The SMILES string of the molecule is CCC(C)(C)C1CCC(Nc2ccc(Br)cc2Cl)CC1. The number of rotatable bonds is 4. The summed E-state index contributed by atoms with van der Waals surface area (Å²) < 4.78 is 1.03. The van der Waals surface area contributed by atoms with Crippen LogP contribution in [0.2, 0.25) is 5.02 Å². The van der Waals surface area contributed by atoms with E-state index in [-0.39, 0.29) is 0 Å². The zero-order chi connectivity index (χ0) is 14.8. The molecule has 20 heavy (non-hydrogen) atoms. The van der Waals surface area contributed by atoms with E-state index >= 15 is 0 Å². The topological polar surface area (TPSA) is 12.0 Å². The van der Waals surface area contributed by atoms with Gasteiger partial charge in [0.15, 0.2) is 0 Å². The molecule has 112 valence electrons. The lowest BCUT2D eigenvalue weighted by atomic mass is 9.69. The largest absolute Gasteiger partial charge is 0.381 e. The van der Waals surface area contributed by atoms with Crippen molar-refractivity contribution in [2.45, 2.75) is 58.9 Å². The molecule has 3 heteroatoms. The Morgan fingerprint density at radius 3 is 2.45 bits per heavy atom. The van der Waals surface area contributed by atoms with E-state index in [2.05, 4.69) is 48.1 Å². The Balaban J connectivity index is 1.91. The van der Waals surface area contributed by atoms with E-state index in [1.165, 1.54) is 32.1 Å². The van der Waals surface area contributed by atoms with E-state index < -0.39 is 0 Å². The van der Waals surface area contributed by atoms with Crippen LogP contribution in [0.4, 0.5) is 5.69 Å². The normalized spacial score (nSPS) is 23.6. The van der Waals surface area contributed by atoms with Gasteiger partial charge in [-0.05, 0) is 55.2 Å². The minimum atomic E-state index is 0.486. The van der Waals surface area contributed by atoms with Gasteiger partial charge in [-0.1, -0.05) is 54.7 Å². The summed E-state index contributed by atoms with van der Waals surface area (Å²) in [5.41, 5.74) is 1.55. The predicted molar refractivity (Wildman–Crippen MR) is 92.6 cm³/mol. The molecule has 0 bridgehead atoms. The Kier molecular flexibility index (Phi) is 5.42. The minimum Gasteiger partial charge on any atom is -0.381 e. The highest BCUT2D eigenvalue weighted by atomic mass is 79.9. The van der Waals surface area contributed by atoms with E-state index in [1.807, 2.05) is 12.1 Å². The first kappa shape index (κ1) is 16.2. The molecule has 1 N–H and O–H groups in total. The highest BCUT2D eigenvalue weighted by Gasteiger charge is 2.31. The molecule has 1 saturated carbocycles. The van der Waals surface area contributed by atoms with Gasteiger partial charge in [-0.3, -0.25) is 0 Å². The highest BCUT2D eigenvalue weighted by molar-refractivity contribution is 9.10. The number of halogens is 2. The second-order valence-electron chi connectivity index (χ2n) is 6.66. The molecular formula is C17H25BrClN. The van der Waals surface area contributed by atoms with Gasteiger partial charge in [0.1, 0.15) is 0 Å². The van der Waals surface area contributed by atoms with E-state index in [4.69, 9.17) is 11.6 Å². The maximum atomic E-state index is 6.28. The number of nitrogens with one attached hydrogen (secondary N) is 1. The molecule has 0 amide bonds. The first-order valence-electron chi connectivity index (χ1n) is 7.64. The van der Waals surface area contributed by atoms with E-state index in [0.29, 0.717) is 11.5 Å². The van der Waals surface area contributed by atoms with Crippen LogP contribution in [0.1, 0.15) is 52.9 Å². The van der Waals surface area contributed by atoms with Crippen LogP contribution in [0.3, 0.4) is 0 Å². The Morgan fingerprint density at radius 1 is 1.25 bits per heavy atom. The van der Waals surface area contributed by atoms with Crippen molar-refractivity contribution < 1.29 is 0 Å². The van der Waals surface area contributed by atoms with Gasteiger partial charge in [-0.2, -0.15) is 0 Å². The molecular weight excluding hydrogens is 334 g/mol. The Morgan fingerprint density at radius 2 is 1.90 bits per heavy atom. The summed E-state index contributed by atoms with van der Waals surface area (Å²) in [6.07, 6.45) is 6.43. The molecule has 0 saturated heterocycles. The summed E-state index contributed by atoms with van der Waals surface area (Å²) in [5.74, 6) is 0.867. The third kappa shape index (κ3) is 3.92. The second kappa shape index (κ2) is 6.70. The monoisotopic (exact) mass is 357 g/mol. The summed E-state index contributed by atoms with van der Waals surface area (Å²) in [5, 5.41) is 4.41. The molecule has 1 nitrogen and oxygen atoms in total. The summed E-state index contributed by atoms with van der Waals surface area (Å²) >= 11 is 9.73. The van der Waals surface area contributed by atoms with Gasteiger partial charge < -0.3 is 5.32 Å². The molecule has 0 radical (unpaired) electrons. The van der Waals surface area contributed by atoms with Gasteiger partial charge in [0, 0.05) is 10.5 Å². The molecule has 1 fully saturated rings. The maximum Gasteiger partial charge on any atom is 0.0648 e. The van der Waals surface area contributed by atoms with Gasteiger partial charge in [-0.15, -0.1) is 0 Å². The molecule has 1 aromatic rings. The number of benzene rings is 1. The summed E-state index contributed by atoms with van der Waals surface area (Å²) in [4.78, 5) is 0. The fourth-order valence-electron chi connectivity index (χ4n) is 3.13. The third-order valence-corrected chi connectivity index (χ3v) is 5.84. The standard InChI is InChI=1S/C17H25BrClN/c1-4-17(2,3)12-5-8-14(9-6-12)20-16-10-7-13(18)11-15(16)19/h7,10-12,14,20H,4-6,8-9H2,1-3H3. The zero-order valence-electron chi connectivity index (χ0n) is 12.7. The average molecular weight is 359 g/mol. The van der Waals surface area contributed by atoms with Crippen LogP contribution in [-0.4, -0.2) is 6.04 Å². The Hall–Kier alpha value is -0.210. The first-order valence-corrected chi connectivity index (χ1v) is 8.81. The lowest BCUT2D eigenvalue weighted by Gasteiger charge is -2.39. The van der Waals surface area contributed by atoms with Crippen molar-refractivity contribution in [3.05, 3.63) is 27.7 Å². The van der Waals surface area contributed by atoms with Crippen molar-refractivity contribution in [1.29, 1.82) is 0 Å². The second-order valence-corrected chi connectivity index (χ2v) is 7.98. The molecule has 0 atom stereocenters. The average Bonchev–Trinajstić information content (AvgIpc) is 2.42. The maximum absolute atomic E-state index is 6.28. The van der Waals surface area contributed by atoms with Crippen LogP contribution in [0.15, 0.2) is 22.7 Å². The van der Waals surface area contributed by atoms with Crippen LogP contribution in [-0.2, 0) is 0 Å². The molecule has 2 rings (SSSR count). The lowest BCUT2D eigenvalue weighted by molar-refractivity contribution is 0.147. The van der Waals surface area contributed by atoms with Crippen LogP contribution in [0, 0.1) is 11.3 Å². The van der Waals surface area contributed by atoms with Crippen molar-refractivity contribution >= 4 is 33.2 Å². The fourth-order valence-corrected chi connectivity index (χ4v) is 3.86. The summed E-state index contributed by atoms with van der Waals surface area (Å²) in [7, 11) is 0. The molecule has 0 aromatic heterocycles. The highest BCUT2D eigenvalue weighted by Crippen LogP contribution is 2.41. The molecule has 1 aliphatic rings. The van der Waals surface area contributed by atoms with Crippen molar-refractivity contribution in [3.63, 3.8) is 0 Å². The van der Waals surface area contributed by atoms with E-state index in [9.17, 15) is 0 Å². The molecule has 1 aromatic carbocycles. The van der Waals surface area contributed by atoms with Crippen molar-refractivity contribution in [2.75, 3.05) is 5.32 Å². The predicted octanol–water partition coefficient (Wildman–Crippen LogP) is 6.51. The van der Waals surface area contributed by atoms with Gasteiger partial charge in [-0.25, -0.2) is 0 Å². The van der Waals surface area contributed by atoms with E-state index in [0.717, 1.165) is 21.1 Å². The lowest BCUT2D eigenvalue weighted by Crippen LogP contribution is -2.32. The van der Waals surface area contributed by atoms with Crippen molar-refractivity contribution in [1.82, 2.24) is 0 Å². The molecule has 0 aliphatic heterocycles. The Labute approximate surface area is 136 Å².